The number of anilines is 1. The summed E-state index contributed by atoms with van der Waals surface area (Å²) in [6, 6.07) is 22.6. The number of rotatable bonds is 6. The Kier molecular flexibility index (Phi) is 5.43. The summed E-state index contributed by atoms with van der Waals surface area (Å²) in [7, 11) is 0. The van der Waals surface area contributed by atoms with Crippen molar-refractivity contribution in [3.63, 3.8) is 0 Å². The Hall–Kier alpha value is -3.40. The first-order valence-electron chi connectivity index (χ1n) is 10.1. The zero-order valence-corrected chi connectivity index (χ0v) is 16.8. The molecular weight excluding hydrogens is 358 g/mol. The summed E-state index contributed by atoms with van der Waals surface area (Å²) < 4.78 is 1.96. The molecule has 0 saturated carbocycles. The summed E-state index contributed by atoms with van der Waals surface area (Å²) in [5, 5.41) is 3.06. The van der Waals surface area contributed by atoms with Crippen LogP contribution in [-0.4, -0.2) is 15.3 Å². The van der Waals surface area contributed by atoms with E-state index in [1.165, 1.54) is 11.1 Å². The van der Waals surface area contributed by atoms with E-state index in [0.717, 1.165) is 35.4 Å². The van der Waals surface area contributed by atoms with E-state index in [9.17, 15) is 4.79 Å². The number of aromatic nitrogens is 2. The molecule has 0 unspecified atom stereocenters. The molecule has 29 heavy (non-hydrogen) atoms. The molecule has 0 atom stereocenters. The minimum absolute atomic E-state index is 0.0234. The van der Waals surface area contributed by atoms with E-state index in [1.807, 2.05) is 61.0 Å². The molecule has 0 saturated heterocycles. The highest BCUT2D eigenvalue weighted by Crippen LogP contribution is 2.26. The SMILES string of the molecule is CCC(CC)C(=O)Nc1cccn2cc(-c3ccc(-c4ccccc4)cc3)nc12. The number of benzene rings is 2. The van der Waals surface area contributed by atoms with Crippen molar-refractivity contribution in [2.24, 2.45) is 5.92 Å². The highest BCUT2D eigenvalue weighted by atomic mass is 16.1. The topological polar surface area (TPSA) is 46.4 Å². The number of hydrogen-bond acceptors (Lipinski definition) is 2. The lowest BCUT2D eigenvalue weighted by molar-refractivity contribution is -0.120. The maximum Gasteiger partial charge on any atom is 0.227 e. The molecule has 0 radical (unpaired) electrons. The Balaban J connectivity index is 1.63. The fourth-order valence-corrected chi connectivity index (χ4v) is 3.61. The van der Waals surface area contributed by atoms with Crippen molar-refractivity contribution in [1.29, 1.82) is 0 Å². The minimum atomic E-state index is 0.0234. The van der Waals surface area contributed by atoms with E-state index in [4.69, 9.17) is 4.98 Å². The average molecular weight is 383 g/mol. The molecule has 4 heteroatoms. The molecule has 146 valence electrons. The van der Waals surface area contributed by atoms with Crippen molar-refractivity contribution in [1.82, 2.24) is 9.38 Å². The third-order valence-electron chi connectivity index (χ3n) is 5.38. The number of imidazole rings is 1. The quantitative estimate of drug-likeness (QED) is 0.441. The molecule has 4 aromatic rings. The monoisotopic (exact) mass is 383 g/mol. The number of carbonyl (C=O) groups excluding carboxylic acids is 1. The number of nitrogens with one attached hydrogen (secondary N) is 1. The maximum absolute atomic E-state index is 12.5. The summed E-state index contributed by atoms with van der Waals surface area (Å²) >= 11 is 0. The van der Waals surface area contributed by atoms with Gasteiger partial charge in [0, 0.05) is 23.9 Å². The van der Waals surface area contributed by atoms with Crippen LogP contribution in [0.3, 0.4) is 0 Å². The number of amides is 1. The summed E-state index contributed by atoms with van der Waals surface area (Å²) in [5.74, 6) is 0.0788. The molecule has 0 spiro atoms. The normalized spacial score (nSPS) is 11.1. The zero-order valence-electron chi connectivity index (χ0n) is 16.8. The number of hydrogen-bond donors (Lipinski definition) is 1. The van der Waals surface area contributed by atoms with Crippen molar-refractivity contribution in [2.45, 2.75) is 26.7 Å². The Morgan fingerprint density at radius 2 is 1.55 bits per heavy atom. The van der Waals surface area contributed by atoms with Crippen LogP contribution in [0, 0.1) is 5.92 Å². The van der Waals surface area contributed by atoms with Gasteiger partial charge in [-0.25, -0.2) is 4.98 Å². The van der Waals surface area contributed by atoms with E-state index >= 15 is 0 Å². The molecular formula is C25H25N3O. The molecule has 4 nitrogen and oxygen atoms in total. The Labute approximate surface area is 171 Å². The van der Waals surface area contributed by atoms with E-state index in [2.05, 4.69) is 41.7 Å². The van der Waals surface area contributed by atoms with Crippen LogP contribution in [0.25, 0.3) is 28.0 Å². The smallest absolute Gasteiger partial charge is 0.227 e. The van der Waals surface area contributed by atoms with E-state index in [0.29, 0.717) is 0 Å². The number of pyridine rings is 1. The fourth-order valence-electron chi connectivity index (χ4n) is 3.61. The molecule has 4 rings (SSSR count). The van der Waals surface area contributed by atoms with Crippen molar-refractivity contribution >= 4 is 17.2 Å². The Morgan fingerprint density at radius 3 is 2.24 bits per heavy atom. The molecule has 1 N–H and O–H groups in total. The van der Waals surface area contributed by atoms with Gasteiger partial charge in [0.2, 0.25) is 5.91 Å². The van der Waals surface area contributed by atoms with Gasteiger partial charge in [0.05, 0.1) is 11.4 Å². The van der Waals surface area contributed by atoms with Crippen molar-refractivity contribution in [3.8, 4) is 22.4 Å². The summed E-state index contributed by atoms with van der Waals surface area (Å²) in [4.78, 5) is 17.3. The van der Waals surface area contributed by atoms with Gasteiger partial charge in [-0.3, -0.25) is 4.79 Å². The van der Waals surface area contributed by atoms with Crippen LogP contribution in [0.2, 0.25) is 0 Å². The molecule has 2 aromatic carbocycles. The minimum Gasteiger partial charge on any atom is -0.323 e. The van der Waals surface area contributed by atoms with Gasteiger partial charge in [0.25, 0.3) is 0 Å². The predicted molar refractivity (Wildman–Crippen MR) is 119 cm³/mol. The van der Waals surface area contributed by atoms with Crippen LogP contribution < -0.4 is 5.32 Å². The van der Waals surface area contributed by atoms with Gasteiger partial charge in [-0.1, -0.05) is 68.4 Å². The summed E-state index contributed by atoms with van der Waals surface area (Å²) in [6.07, 6.45) is 5.62. The second kappa shape index (κ2) is 8.31. The first-order valence-corrected chi connectivity index (χ1v) is 10.1. The first kappa shape index (κ1) is 18.9. The van der Waals surface area contributed by atoms with Gasteiger partial charge in [-0.05, 0) is 36.1 Å². The van der Waals surface area contributed by atoms with E-state index < -0.39 is 0 Å². The fraction of sp³-hybridized carbons (Fsp3) is 0.200. The molecule has 2 heterocycles. The van der Waals surface area contributed by atoms with Gasteiger partial charge in [-0.15, -0.1) is 0 Å². The highest BCUT2D eigenvalue weighted by molar-refractivity contribution is 5.96. The van der Waals surface area contributed by atoms with Crippen LogP contribution in [0.1, 0.15) is 26.7 Å². The predicted octanol–water partition coefficient (Wildman–Crippen LogP) is 6.04. The van der Waals surface area contributed by atoms with Crippen molar-refractivity contribution in [2.75, 3.05) is 5.32 Å². The lowest BCUT2D eigenvalue weighted by atomic mass is 10.0. The number of carbonyl (C=O) groups is 1. The second-order valence-electron chi connectivity index (χ2n) is 7.22. The standard InChI is InChI=1S/C25H25N3O/c1-3-18(4-2)25(29)27-22-11-8-16-28-17-23(26-24(22)28)21-14-12-20(13-15-21)19-9-6-5-7-10-19/h5-18H,3-4H2,1-2H3,(H,27,29). The van der Waals surface area contributed by atoms with Gasteiger partial charge in [0.1, 0.15) is 0 Å². The lowest BCUT2D eigenvalue weighted by Gasteiger charge is -2.13. The van der Waals surface area contributed by atoms with Crippen molar-refractivity contribution < 1.29 is 4.79 Å². The maximum atomic E-state index is 12.5. The molecule has 0 fully saturated rings. The van der Waals surface area contributed by atoms with Gasteiger partial charge in [0.15, 0.2) is 5.65 Å². The lowest BCUT2D eigenvalue weighted by Crippen LogP contribution is -2.22. The van der Waals surface area contributed by atoms with Crippen molar-refractivity contribution in [3.05, 3.63) is 79.1 Å². The molecule has 0 aliphatic heterocycles. The third kappa shape index (κ3) is 3.92. The molecule has 0 bridgehead atoms. The molecule has 0 aliphatic carbocycles. The first-order chi connectivity index (χ1) is 14.2. The summed E-state index contributed by atoms with van der Waals surface area (Å²) in [6.45, 7) is 4.09. The molecule has 2 aromatic heterocycles. The Morgan fingerprint density at radius 1 is 0.897 bits per heavy atom. The molecule has 1 amide bonds. The zero-order chi connectivity index (χ0) is 20.2. The molecule has 0 aliphatic rings. The van der Waals surface area contributed by atoms with Gasteiger partial charge < -0.3 is 9.72 Å². The second-order valence-corrected chi connectivity index (χ2v) is 7.22. The van der Waals surface area contributed by atoms with Crippen LogP contribution in [0.4, 0.5) is 5.69 Å². The number of fused-ring (bicyclic) bond motifs is 1. The van der Waals surface area contributed by atoms with Crippen LogP contribution >= 0.6 is 0 Å². The van der Waals surface area contributed by atoms with Gasteiger partial charge in [-0.2, -0.15) is 0 Å². The van der Waals surface area contributed by atoms with E-state index in [-0.39, 0.29) is 11.8 Å². The van der Waals surface area contributed by atoms with E-state index in [1.54, 1.807) is 0 Å². The van der Waals surface area contributed by atoms with Crippen LogP contribution in [0.5, 0.6) is 0 Å². The van der Waals surface area contributed by atoms with Crippen LogP contribution in [0.15, 0.2) is 79.1 Å². The largest absolute Gasteiger partial charge is 0.323 e. The van der Waals surface area contributed by atoms with Crippen LogP contribution in [-0.2, 0) is 4.79 Å². The van der Waals surface area contributed by atoms with Gasteiger partial charge >= 0.3 is 0 Å². The Bertz CT molecular complexity index is 1110. The summed E-state index contributed by atoms with van der Waals surface area (Å²) in [5.41, 5.74) is 5.81. The average Bonchev–Trinajstić information content (AvgIpc) is 3.21. The number of nitrogens with zero attached hydrogens (tertiary/aromatic N) is 2. The highest BCUT2D eigenvalue weighted by Gasteiger charge is 2.16. The third-order valence-corrected chi connectivity index (χ3v) is 5.38.